The molecule has 0 saturated carbocycles. The second-order valence-corrected chi connectivity index (χ2v) is 4.47. The largest absolute Gasteiger partial charge is 0.339 e. The Bertz CT molecular complexity index is 745. The average molecular weight is 280 g/mol. The minimum Gasteiger partial charge on any atom is -0.339 e. The number of halogens is 1. The SMILES string of the molecule is C/N=C1/Nc2ccncc2/C1=C/C=C/c1ccc(F)nc1. The summed E-state index contributed by atoms with van der Waals surface area (Å²) in [6.07, 6.45) is 10.7. The molecule has 0 unspecified atom stereocenters. The Kier molecular flexibility index (Phi) is 3.55. The molecule has 0 spiro atoms. The molecule has 2 aromatic heterocycles. The highest BCUT2D eigenvalue weighted by atomic mass is 19.1. The summed E-state index contributed by atoms with van der Waals surface area (Å²) in [6, 6.07) is 4.92. The van der Waals surface area contributed by atoms with Crippen LogP contribution in [0.4, 0.5) is 10.1 Å². The molecule has 1 aliphatic rings. The molecule has 0 aliphatic carbocycles. The van der Waals surface area contributed by atoms with Gasteiger partial charge in [-0.25, -0.2) is 4.98 Å². The Labute approximate surface area is 121 Å². The molecule has 3 heterocycles. The molecule has 0 fully saturated rings. The number of amidine groups is 1. The summed E-state index contributed by atoms with van der Waals surface area (Å²) in [6.45, 7) is 0. The standard InChI is InChI=1S/C16H13FN4/c1-18-16-12(13-10-19-8-7-14(13)21-16)4-2-3-11-5-6-15(17)20-9-11/h2-10H,1H3,(H,18,21)/b3-2+,12-4-. The molecule has 5 heteroatoms. The molecular formula is C16H13FN4. The van der Waals surface area contributed by atoms with E-state index in [1.165, 1.54) is 12.3 Å². The van der Waals surface area contributed by atoms with Crippen molar-refractivity contribution < 1.29 is 4.39 Å². The Morgan fingerprint density at radius 3 is 2.90 bits per heavy atom. The minimum atomic E-state index is -0.481. The van der Waals surface area contributed by atoms with E-state index in [2.05, 4.69) is 20.3 Å². The fourth-order valence-electron chi connectivity index (χ4n) is 2.13. The topological polar surface area (TPSA) is 50.2 Å². The molecule has 1 N–H and O–H groups in total. The number of fused-ring (bicyclic) bond motifs is 1. The van der Waals surface area contributed by atoms with Gasteiger partial charge in [-0.1, -0.05) is 18.2 Å². The Morgan fingerprint density at radius 2 is 2.14 bits per heavy atom. The molecule has 0 atom stereocenters. The average Bonchev–Trinajstić information content (AvgIpc) is 2.87. The van der Waals surface area contributed by atoms with E-state index in [1.807, 2.05) is 24.3 Å². The third-order valence-electron chi connectivity index (χ3n) is 3.14. The van der Waals surface area contributed by atoms with E-state index in [9.17, 15) is 4.39 Å². The quantitative estimate of drug-likeness (QED) is 0.860. The van der Waals surface area contributed by atoms with Crippen molar-refractivity contribution in [3.63, 3.8) is 0 Å². The maximum absolute atomic E-state index is 12.7. The summed E-state index contributed by atoms with van der Waals surface area (Å²) >= 11 is 0. The van der Waals surface area contributed by atoms with Gasteiger partial charge in [0.05, 0.1) is 5.69 Å². The predicted octanol–water partition coefficient (Wildman–Crippen LogP) is 3.17. The molecule has 0 radical (unpaired) electrons. The highest BCUT2D eigenvalue weighted by Gasteiger charge is 2.20. The van der Waals surface area contributed by atoms with Gasteiger partial charge in [0.15, 0.2) is 0 Å². The minimum absolute atomic E-state index is 0.481. The highest BCUT2D eigenvalue weighted by molar-refractivity contribution is 6.34. The summed E-state index contributed by atoms with van der Waals surface area (Å²) in [5, 5.41) is 3.24. The third-order valence-corrected chi connectivity index (χ3v) is 3.14. The van der Waals surface area contributed by atoms with Crippen molar-refractivity contribution in [1.29, 1.82) is 0 Å². The van der Waals surface area contributed by atoms with Crippen LogP contribution in [0.2, 0.25) is 0 Å². The molecule has 0 saturated heterocycles. The van der Waals surface area contributed by atoms with Crippen LogP contribution >= 0.6 is 0 Å². The summed E-state index contributed by atoms with van der Waals surface area (Å²) in [4.78, 5) is 12.0. The first-order valence-corrected chi connectivity index (χ1v) is 6.46. The van der Waals surface area contributed by atoms with E-state index in [0.717, 1.165) is 28.2 Å². The molecular weight excluding hydrogens is 267 g/mol. The number of hydrogen-bond acceptors (Lipinski definition) is 3. The van der Waals surface area contributed by atoms with Crippen LogP contribution < -0.4 is 5.32 Å². The zero-order valence-electron chi connectivity index (χ0n) is 11.4. The van der Waals surface area contributed by atoms with Crippen LogP contribution in [0.25, 0.3) is 11.6 Å². The summed E-state index contributed by atoms with van der Waals surface area (Å²) < 4.78 is 12.7. The van der Waals surface area contributed by atoms with Crippen molar-refractivity contribution in [3.8, 4) is 0 Å². The van der Waals surface area contributed by atoms with Gasteiger partial charge in [0.25, 0.3) is 0 Å². The highest BCUT2D eigenvalue weighted by Crippen LogP contribution is 2.31. The van der Waals surface area contributed by atoms with E-state index in [4.69, 9.17) is 0 Å². The van der Waals surface area contributed by atoms with Crippen molar-refractivity contribution in [2.45, 2.75) is 0 Å². The van der Waals surface area contributed by atoms with Crippen LogP contribution in [0.3, 0.4) is 0 Å². The first kappa shape index (κ1) is 13.2. The van der Waals surface area contributed by atoms with Crippen molar-refractivity contribution >= 4 is 23.2 Å². The van der Waals surface area contributed by atoms with Crippen LogP contribution in [0.1, 0.15) is 11.1 Å². The second kappa shape index (κ2) is 5.66. The summed E-state index contributed by atoms with van der Waals surface area (Å²) in [5.41, 5.74) is 3.82. The van der Waals surface area contributed by atoms with Crippen LogP contribution in [-0.2, 0) is 0 Å². The Hall–Kier alpha value is -2.82. The maximum Gasteiger partial charge on any atom is 0.212 e. The van der Waals surface area contributed by atoms with Crippen molar-refractivity contribution in [1.82, 2.24) is 9.97 Å². The van der Waals surface area contributed by atoms with Gasteiger partial charge in [0.1, 0.15) is 5.84 Å². The van der Waals surface area contributed by atoms with Gasteiger partial charge in [-0.05, 0) is 23.8 Å². The molecule has 0 aromatic carbocycles. The second-order valence-electron chi connectivity index (χ2n) is 4.47. The number of anilines is 1. The number of aromatic nitrogens is 2. The lowest BCUT2D eigenvalue weighted by Gasteiger charge is -1.97. The predicted molar refractivity (Wildman–Crippen MR) is 82.4 cm³/mol. The molecule has 4 nitrogen and oxygen atoms in total. The van der Waals surface area contributed by atoms with Gasteiger partial charge in [-0.2, -0.15) is 4.39 Å². The van der Waals surface area contributed by atoms with Crippen LogP contribution in [-0.4, -0.2) is 22.9 Å². The maximum atomic E-state index is 12.7. The van der Waals surface area contributed by atoms with Crippen LogP contribution in [0.15, 0.2) is 53.9 Å². The lowest BCUT2D eigenvalue weighted by atomic mass is 10.1. The van der Waals surface area contributed by atoms with E-state index >= 15 is 0 Å². The van der Waals surface area contributed by atoms with Crippen LogP contribution in [0, 0.1) is 5.95 Å². The fraction of sp³-hybridized carbons (Fsp3) is 0.0625. The fourth-order valence-corrected chi connectivity index (χ4v) is 2.13. The van der Waals surface area contributed by atoms with Crippen molar-refractivity contribution in [2.75, 3.05) is 12.4 Å². The number of nitrogens with zero attached hydrogens (tertiary/aromatic N) is 3. The summed E-state index contributed by atoms with van der Waals surface area (Å²) in [7, 11) is 1.74. The molecule has 1 aliphatic heterocycles. The monoisotopic (exact) mass is 280 g/mol. The molecule has 0 amide bonds. The molecule has 3 rings (SSSR count). The zero-order valence-corrected chi connectivity index (χ0v) is 11.4. The van der Waals surface area contributed by atoms with Gasteiger partial charge in [-0.15, -0.1) is 0 Å². The van der Waals surface area contributed by atoms with E-state index in [-0.39, 0.29) is 0 Å². The number of nitrogens with one attached hydrogen (secondary N) is 1. The first-order valence-electron chi connectivity index (χ1n) is 6.46. The molecule has 0 bridgehead atoms. The first-order chi connectivity index (χ1) is 10.3. The lowest BCUT2D eigenvalue weighted by molar-refractivity contribution is 0.583. The van der Waals surface area contributed by atoms with E-state index in [1.54, 1.807) is 25.5 Å². The molecule has 104 valence electrons. The van der Waals surface area contributed by atoms with Gasteiger partial charge in [-0.3, -0.25) is 9.98 Å². The number of pyridine rings is 2. The lowest BCUT2D eigenvalue weighted by Crippen LogP contribution is -2.04. The summed E-state index contributed by atoms with van der Waals surface area (Å²) in [5.74, 6) is 0.325. The zero-order chi connectivity index (χ0) is 14.7. The Balaban J connectivity index is 1.90. The van der Waals surface area contributed by atoms with Crippen LogP contribution in [0.5, 0.6) is 0 Å². The van der Waals surface area contributed by atoms with Gasteiger partial charge in [0, 0.05) is 36.8 Å². The van der Waals surface area contributed by atoms with Gasteiger partial charge in [0.2, 0.25) is 5.95 Å². The number of aliphatic imine (C=N–C) groups is 1. The number of hydrogen-bond donors (Lipinski definition) is 1. The van der Waals surface area contributed by atoms with Gasteiger partial charge >= 0.3 is 0 Å². The van der Waals surface area contributed by atoms with E-state index < -0.39 is 5.95 Å². The smallest absolute Gasteiger partial charge is 0.212 e. The molecule has 21 heavy (non-hydrogen) atoms. The Morgan fingerprint density at radius 1 is 1.24 bits per heavy atom. The molecule has 2 aromatic rings. The third kappa shape index (κ3) is 2.72. The van der Waals surface area contributed by atoms with E-state index in [0.29, 0.717) is 0 Å². The van der Waals surface area contributed by atoms with Crippen molar-refractivity contribution in [3.05, 3.63) is 66.0 Å². The normalized spacial score (nSPS) is 17.4. The number of allylic oxidation sites excluding steroid dienone is 2. The number of rotatable bonds is 2. The van der Waals surface area contributed by atoms with Crippen molar-refractivity contribution in [2.24, 2.45) is 4.99 Å². The van der Waals surface area contributed by atoms with Gasteiger partial charge < -0.3 is 5.32 Å².